The summed E-state index contributed by atoms with van der Waals surface area (Å²) in [6.07, 6.45) is 5.99. The summed E-state index contributed by atoms with van der Waals surface area (Å²) in [7, 11) is 1.77. The summed E-state index contributed by atoms with van der Waals surface area (Å²) in [5, 5.41) is 0. The molecule has 0 saturated carbocycles. The van der Waals surface area contributed by atoms with Crippen molar-refractivity contribution in [3.8, 4) is 0 Å². The lowest BCUT2D eigenvalue weighted by Gasteiger charge is -2.11. The largest absolute Gasteiger partial charge is 0.340 e. The molecule has 0 atom stereocenters. The highest BCUT2D eigenvalue weighted by Gasteiger charge is 1.89. The Labute approximate surface area is 90.7 Å². The van der Waals surface area contributed by atoms with Crippen molar-refractivity contribution >= 4 is 6.34 Å². The van der Waals surface area contributed by atoms with Crippen LogP contribution in [0.5, 0.6) is 0 Å². The van der Waals surface area contributed by atoms with E-state index in [-0.39, 0.29) is 0 Å². The van der Waals surface area contributed by atoms with Gasteiger partial charge in [0.15, 0.2) is 0 Å². The van der Waals surface area contributed by atoms with Crippen LogP contribution in [0.1, 0.15) is 47.5 Å². The lowest BCUT2D eigenvalue weighted by atomic mass is 10.3. The maximum atomic E-state index is 3.89. The molecule has 0 fully saturated rings. The fourth-order valence-electron chi connectivity index (χ4n) is 0.685. The molecule has 0 unspecified atom stereocenters. The molecule has 14 heavy (non-hydrogen) atoms. The first-order chi connectivity index (χ1) is 6.85. The van der Waals surface area contributed by atoms with E-state index in [4.69, 9.17) is 0 Å². The van der Waals surface area contributed by atoms with Gasteiger partial charge in [0.05, 0.1) is 6.34 Å². The molecule has 0 aliphatic heterocycles. The van der Waals surface area contributed by atoms with Gasteiger partial charge in [-0.25, -0.2) is 0 Å². The third-order valence-electron chi connectivity index (χ3n) is 1.27. The monoisotopic (exact) mass is 200 g/mol. The van der Waals surface area contributed by atoms with Gasteiger partial charge in [-0.1, -0.05) is 47.6 Å². The maximum absolute atomic E-state index is 3.89. The van der Waals surface area contributed by atoms with Gasteiger partial charge in [0, 0.05) is 13.6 Å². The highest BCUT2D eigenvalue weighted by atomic mass is 15.1. The normalized spacial score (nSPS) is 8.14. The first kappa shape index (κ1) is 18.9. The molecule has 0 bridgehead atoms. The lowest BCUT2D eigenvalue weighted by molar-refractivity contribution is 0.541. The summed E-state index contributed by atoms with van der Waals surface area (Å²) in [6, 6.07) is 0. The van der Waals surface area contributed by atoms with E-state index in [1.54, 1.807) is 19.6 Å². The predicted molar refractivity (Wildman–Crippen MR) is 68.9 cm³/mol. The Morgan fingerprint density at radius 2 is 1.71 bits per heavy atom. The smallest absolute Gasteiger partial charge is 0.0885 e. The van der Waals surface area contributed by atoms with E-state index in [0.717, 1.165) is 6.54 Å². The first-order valence-electron chi connectivity index (χ1n) is 5.65. The van der Waals surface area contributed by atoms with Crippen molar-refractivity contribution in [2.45, 2.75) is 47.5 Å². The van der Waals surface area contributed by atoms with Crippen LogP contribution in [0.4, 0.5) is 0 Å². The summed E-state index contributed by atoms with van der Waals surface area (Å²) in [4.78, 5) is 5.88. The minimum absolute atomic E-state index is 1.03. The SMILES string of the molecule is C=CN(C=NC)CCCC.CC.CC. The molecule has 0 spiro atoms. The van der Waals surface area contributed by atoms with Crippen LogP contribution in [0.2, 0.25) is 0 Å². The van der Waals surface area contributed by atoms with E-state index in [9.17, 15) is 0 Å². The summed E-state index contributed by atoms with van der Waals surface area (Å²) in [6.45, 7) is 14.9. The molecule has 0 aromatic rings. The Hall–Kier alpha value is -0.790. The van der Waals surface area contributed by atoms with E-state index in [1.807, 2.05) is 32.6 Å². The van der Waals surface area contributed by atoms with Crippen LogP contribution in [0.25, 0.3) is 0 Å². The second-order valence-electron chi connectivity index (χ2n) is 2.15. The highest BCUT2D eigenvalue weighted by molar-refractivity contribution is 5.55. The molecule has 0 rings (SSSR count). The average Bonchev–Trinajstić information content (AvgIpc) is 2.29. The Morgan fingerprint density at radius 3 is 2.00 bits per heavy atom. The van der Waals surface area contributed by atoms with Gasteiger partial charge in [0.25, 0.3) is 0 Å². The van der Waals surface area contributed by atoms with Gasteiger partial charge in [-0.15, -0.1) is 0 Å². The molecule has 0 aliphatic rings. The van der Waals surface area contributed by atoms with Crippen molar-refractivity contribution in [2.75, 3.05) is 13.6 Å². The van der Waals surface area contributed by atoms with Crippen molar-refractivity contribution in [3.05, 3.63) is 12.8 Å². The van der Waals surface area contributed by atoms with Crippen LogP contribution in [0.15, 0.2) is 17.8 Å². The van der Waals surface area contributed by atoms with Crippen molar-refractivity contribution in [1.82, 2.24) is 4.90 Å². The van der Waals surface area contributed by atoms with Gasteiger partial charge in [0.1, 0.15) is 0 Å². The first-order valence-corrected chi connectivity index (χ1v) is 5.65. The number of rotatable bonds is 5. The van der Waals surface area contributed by atoms with Gasteiger partial charge in [-0.2, -0.15) is 0 Å². The molecule has 0 aromatic heterocycles. The predicted octanol–water partition coefficient (Wildman–Crippen LogP) is 3.94. The molecule has 0 N–H and O–H groups in total. The quantitative estimate of drug-likeness (QED) is 0.485. The molecule has 0 aromatic carbocycles. The minimum Gasteiger partial charge on any atom is -0.340 e. The van der Waals surface area contributed by atoms with Gasteiger partial charge in [0.2, 0.25) is 0 Å². The average molecular weight is 200 g/mol. The summed E-state index contributed by atoms with van der Waals surface area (Å²) >= 11 is 0. The number of aliphatic imine (C=N–C) groups is 1. The van der Waals surface area contributed by atoms with Gasteiger partial charge in [-0.05, 0) is 12.6 Å². The van der Waals surface area contributed by atoms with Gasteiger partial charge in [-0.3, -0.25) is 4.99 Å². The zero-order valence-electron chi connectivity index (χ0n) is 10.9. The molecular weight excluding hydrogens is 172 g/mol. The molecule has 0 aliphatic carbocycles. The van der Waals surface area contributed by atoms with Crippen LogP contribution in [0, 0.1) is 0 Å². The summed E-state index contributed by atoms with van der Waals surface area (Å²) in [5.74, 6) is 0. The number of hydrogen-bond donors (Lipinski definition) is 0. The summed E-state index contributed by atoms with van der Waals surface area (Å²) < 4.78 is 0. The second kappa shape index (κ2) is 22.8. The van der Waals surface area contributed by atoms with Crippen LogP contribution < -0.4 is 0 Å². The Morgan fingerprint density at radius 1 is 1.21 bits per heavy atom. The third kappa shape index (κ3) is 17.3. The fraction of sp³-hybridized carbons (Fsp3) is 0.750. The highest BCUT2D eigenvalue weighted by Crippen LogP contribution is 1.91. The fourth-order valence-corrected chi connectivity index (χ4v) is 0.685. The third-order valence-corrected chi connectivity index (χ3v) is 1.27. The van der Waals surface area contributed by atoms with Crippen molar-refractivity contribution in [3.63, 3.8) is 0 Å². The second-order valence-corrected chi connectivity index (χ2v) is 2.15. The molecular formula is C12H28N2. The zero-order valence-corrected chi connectivity index (χ0v) is 10.9. The summed E-state index contributed by atoms with van der Waals surface area (Å²) in [5.41, 5.74) is 0. The topological polar surface area (TPSA) is 15.6 Å². The Kier molecular flexibility index (Phi) is 30.7. The minimum atomic E-state index is 1.03. The Bertz CT molecular complexity index is 109. The molecule has 0 saturated heterocycles. The van der Waals surface area contributed by atoms with E-state index < -0.39 is 0 Å². The number of unbranched alkanes of at least 4 members (excludes halogenated alkanes) is 1. The van der Waals surface area contributed by atoms with E-state index >= 15 is 0 Å². The van der Waals surface area contributed by atoms with E-state index in [0.29, 0.717) is 0 Å². The number of hydrogen-bond acceptors (Lipinski definition) is 1. The van der Waals surface area contributed by atoms with Gasteiger partial charge >= 0.3 is 0 Å². The van der Waals surface area contributed by atoms with Crippen LogP contribution in [-0.2, 0) is 0 Å². The van der Waals surface area contributed by atoms with E-state index in [2.05, 4.69) is 18.5 Å². The van der Waals surface area contributed by atoms with Crippen molar-refractivity contribution in [2.24, 2.45) is 4.99 Å². The van der Waals surface area contributed by atoms with E-state index in [1.165, 1.54) is 12.8 Å². The molecule has 0 amide bonds. The molecule has 2 nitrogen and oxygen atoms in total. The van der Waals surface area contributed by atoms with Crippen LogP contribution in [-0.4, -0.2) is 24.8 Å². The maximum Gasteiger partial charge on any atom is 0.0885 e. The van der Waals surface area contributed by atoms with Crippen LogP contribution in [0.3, 0.4) is 0 Å². The van der Waals surface area contributed by atoms with Gasteiger partial charge < -0.3 is 4.90 Å². The van der Waals surface area contributed by atoms with Crippen molar-refractivity contribution < 1.29 is 0 Å². The molecule has 86 valence electrons. The molecule has 0 heterocycles. The standard InChI is InChI=1S/C8H16N2.2C2H6/c1-4-6-7-10(5-2)8-9-3;2*1-2/h5,8H,2,4,6-7H2,1,3H3;2*1-2H3. The number of nitrogens with zero attached hydrogens (tertiary/aromatic N) is 2. The lowest BCUT2D eigenvalue weighted by Crippen LogP contribution is -2.15. The van der Waals surface area contributed by atoms with Crippen molar-refractivity contribution in [1.29, 1.82) is 0 Å². The zero-order chi connectivity index (χ0) is 11.8. The van der Waals surface area contributed by atoms with Crippen LogP contribution >= 0.6 is 0 Å². The molecule has 0 radical (unpaired) electrons. The Balaban J connectivity index is -0.000000266. The molecule has 2 heteroatoms.